The third-order valence-electron chi connectivity index (χ3n) is 3.74. The van der Waals surface area contributed by atoms with Gasteiger partial charge in [0, 0.05) is 17.5 Å². The number of nitrogens with one attached hydrogen (secondary N) is 1. The summed E-state index contributed by atoms with van der Waals surface area (Å²) >= 11 is 1.25. The number of aromatic hydroxyl groups is 1. The number of imidazole rings is 1. The zero-order valence-electron chi connectivity index (χ0n) is 13.4. The molecule has 0 amide bonds. The van der Waals surface area contributed by atoms with Gasteiger partial charge in [-0.2, -0.15) is 13.2 Å². The quantitative estimate of drug-likeness (QED) is 0.560. The molecule has 5 nitrogen and oxygen atoms in total. The predicted molar refractivity (Wildman–Crippen MR) is 87.2 cm³/mol. The molecule has 0 aliphatic rings. The second kappa shape index (κ2) is 7.73. The molecule has 0 radical (unpaired) electrons. The first-order valence-electron chi connectivity index (χ1n) is 7.26. The number of pyridine rings is 1. The van der Waals surface area contributed by atoms with Crippen molar-refractivity contribution < 1.29 is 35.8 Å². The van der Waals surface area contributed by atoms with Crippen LogP contribution in [0.3, 0.4) is 0 Å². The number of rotatable bonds is 4. The Balaban J connectivity index is 0.00000243. The topological polar surface area (TPSA) is 82.0 Å². The predicted octanol–water partition coefficient (Wildman–Crippen LogP) is 0.779. The highest BCUT2D eigenvalue weighted by Crippen LogP contribution is 2.33. The molecule has 2 aromatic heterocycles. The molecule has 10 heteroatoms. The van der Waals surface area contributed by atoms with Crippen molar-refractivity contribution >= 4 is 22.8 Å². The number of hydrogen-bond donors (Lipinski definition) is 3. The van der Waals surface area contributed by atoms with Gasteiger partial charge in [-0.25, -0.2) is 4.98 Å². The number of aromatic amines is 1. The molecule has 0 aliphatic carbocycles. The second-order valence-electron chi connectivity index (χ2n) is 5.41. The van der Waals surface area contributed by atoms with Gasteiger partial charge in [-0.15, -0.1) is 0 Å². The number of aryl methyl sites for hydroxylation is 1. The number of fused-ring (bicyclic) bond motifs is 1. The highest BCUT2D eigenvalue weighted by atomic mass is 35.5. The van der Waals surface area contributed by atoms with E-state index in [9.17, 15) is 23.4 Å². The van der Waals surface area contributed by atoms with Crippen molar-refractivity contribution in [2.24, 2.45) is 0 Å². The van der Waals surface area contributed by atoms with Gasteiger partial charge in [0.25, 0.3) is 0 Å². The first kappa shape index (κ1) is 20.3. The lowest BCUT2D eigenvalue weighted by molar-refractivity contribution is -0.137. The summed E-state index contributed by atoms with van der Waals surface area (Å²) < 4.78 is 38.3. The highest BCUT2D eigenvalue weighted by molar-refractivity contribution is 7.98. The minimum absolute atomic E-state index is 0. The Hall–Kier alpha value is -1.97. The Bertz CT molecular complexity index is 931. The molecule has 0 saturated heterocycles. The van der Waals surface area contributed by atoms with Crippen molar-refractivity contribution in [2.45, 2.75) is 30.6 Å². The third kappa shape index (κ3) is 4.05. The Morgan fingerprint density at radius 2 is 2.00 bits per heavy atom. The van der Waals surface area contributed by atoms with Gasteiger partial charge >= 0.3 is 6.18 Å². The number of hydrogen-bond acceptors (Lipinski definition) is 5. The maximum atomic E-state index is 12.8. The van der Waals surface area contributed by atoms with Crippen LogP contribution in [0.4, 0.5) is 13.2 Å². The maximum Gasteiger partial charge on any atom is 0.416 e. The van der Waals surface area contributed by atoms with E-state index in [1.165, 1.54) is 17.8 Å². The molecule has 3 aromatic rings. The van der Waals surface area contributed by atoms with Crippen LogP contribution in [0.5, 0.6) is 5.75 Å². The smallest absolute Gasteiger partial charge is 0.416 e. The zero-order valence-corrected chi connectivity index (χ0v) is 15.0. The van der Waals surface area contributed by atoms with Gasteiger partial charge in [0.1, 0.15) is 5.75 Å². The molecule has 0 saturated carbocycles. The van der Waals surface area contributed by atoms with Gasteiger partial charge in [0.15, 0.2) is 5.16 Å². The second-order valence-corrected chi connectivity index (χ2v) is 6.38. The molecule has 0 spiro atoms. The minimum atomic E-state index is -4.41. The molecular weight excluding hydrogens is 391 g/mol. The van der Waals surface area contributed by atoms with Gasteiger partial charge in [-0.3, -0.25) is 4.98 Å². The number of aliphatic hydroxyl groups excluding tert-OH is 1. The molecule has 3 N–H and O–H groups in total. The van der Waals surface area contributed by atoms with E-state index < -0.39 is 11.7 Å². The summed E-state index contributed by atoms with van der Waals surface area (Å²) in [6.07, 6.45) is -2.86. The Labute approximate surface area is 157 Å². The van der Waals surface area contributed by atoms with Crippen molar-refractivity contribution in [3.63, 3.8) is 0 Å². The summed E-state index contributed by atoms with van der Waals surface area (Å²) in [5.41, 5.74) is 1.42. The Morgan fingerprint density at radius 1 is 1.27 bits per heavy atom. The summed E-state index contributed by atoms with van der Waals surface area (Å²) in [5, 5.41) is 19.8. The van der Waals surface area contributed by atoms with Crippen molar-refractivity contribution in [1.82, 2.24) is 15.0 Å². The number of halogens is 4. The van der Waals surface area contributed by atoms with Crippen LogP contribution in [0, 0.1) is 6.92 Å². The van der Waals surface area contributed by atoms with Gasteiger partial charge in [0.05, 0.1) is 28.9 Å². The molecule has 140 valence electrons. The average molecular weight is 405 g/mol. The summed E-state index contributed by atoms with van der Waals surface area (Å²) in [4.78, 5) is 11.1. The lowest BCUT2D eigenvalue weighted by Gasteiger charge is -2.09. The number of aliphatic hydroxyl groups is 1. The fourth-order valence-electron chi connectivity index (χ4n) is 2.36. The largest absolute Gasteiger partial charge is 1.00 e. The highest BCUT2D eigenvalue weighted by Gasteiger charge is 2.30. The normalized spacial score (nSPS) is 11.6. The monoisotopic (exact) mass is 404 g/mol. The van der Waals surface area contributed by atoms with Crippen LogP contribution in [0.2, 0.25) is 0 Å². The summed E-state index contributed by atoms with van der Waals surface area (Å²) in [7, 11) is 0. The summed E-state index contributed by atoms with van der Waals surface area (Å²) in [6, 6.07) is 3.32. The van der Waals surface area contributed by atoms with Gasteiger partial charge < -0.3 is 27.6 Å². The van der Waals surface area contributed by atoms with Crippen LogP contribution in [0.1, 0.15) is 22.4 Å². The number of thioether (sulfide) groups is 1. The SMILES string of the molecule is Cc1ncc(CSc2nc3ccc(C(F)(F)F)cc3[nH]2)c(CO)c1O.[Cl-]. The fraction of sp³-hybridized carbons (Fsp3) is 0.250. The van der Waals surface area contributed by atoms with E-state index in [-0.39, 0.29) is 24.8 Å². The van der Waals surface area contributed by atoms with E-state index in [1.54, 1.807) is 13.1 Å². The molecule has 0 unspecified atom stereocenters. The third-order valence-corrected chi connectivity index (χ3v) is 4.66. The molecule has 0 atom stereocenters. The van der Waals surface area contributed by atoms with Crippen LogP contribution in [-0.4, -0.2) is 25.2 Å². The van der Waals surface area contributed by atoms with Crippen molar-refractivity contribution in [1.29, 1.82) is 0 Å². The summed E-state index contributed by atoms with van der Waals surface area (Å²) in [6.45, 7) is 1.29. The van der Waals surface area contributed by atoms with E-state index in [2.05, 4.69) is 15.0 Å². The van der Waals surface area contributed by atoms with Gasteiger partial charge in [-0.05, 0) is 30.7 Å². The van der Waals surface area contributed by atoms with Crippen molar-refractivity contribution in [3.8, 4) is 5.75 Å². The van der Waals surface area contributed by atoms with E-state index in [0.717, 1.165) is 12.1 Å². The van der Waals surface area contributed by atoms with E-state index >= 15 is 0 Å². The minimum Gasteiger partial charge on any atom is -1.00 e. The standard InChI is InChI=1S/C16H14F3N3O2S.ClH/c1-8-14(24)11(6-23)9(5-20-8)7-25-15-21-12-3-2-10(16(17,18)19)4-13(12)22-15;/h2-5,23-24H,6-7H2,1H3,(H,21,22);1H/p-1. The molecule has 0 fully saturated rings. The molecule has 0 bridgehead atoms. The van der Waals surface area contributed by atoms with Crippen molar-refractivity contribution in [3.05, 3.63) is 46.8 Å². The molecule has 1 aromatic carbocycles. The van der Waals surface area contributed by atoms with Crippen LogP contribution in [0.25, 0.3) is 11.0 Å². The molecule has 3 rings (SSSR count). The van der Waals surface area contributed by atoms with Crippen LogP contribution < -0.4 is 12.4 Å². The zero-order chi connectivity index (χ0) is 18.2. The molecular formula is C16H14ClF3N3O2S-. The number of benzene rings is 1. The maximum absolute atomic E-state index is 12.8. The van der Waals surface area contributed by atoms with E-state index in [1.807, 2.05) is 0 Å². The number of H-pyrrole nitrogens is 1. The number of aromatic nitrogens is 3. The fourth-order valence-corrected chi connectivity index (χ4v) is 3.25. The van der Waals surface area contributed by atoms with Crippen LogP contribution in [-0.2, 0) is 18.5 Å². The first-order chi connectivity index (χ1) is 11.8. The van der Waals surface area contributed by atoms with Crippen molar-refractivity contribution in [2.75, 3.05) is 0 Å². The lowest BCUT2D eigenvalue weighted by atomic mass is 10.1. The van der Waals surface area contributed by atoms with Gasteiger partial charge in [0.2, 0.25) is 0 Å². The molecule has 26 heavy (non-hydrogen) atoms. The Kier molecular flexibility index (Phi) is 6.05. The lowest BCUT2D eigenvalue weighted by Crippen LogP contribution is -3.00. The number of nitrogens with zero attached hydrogens (tertiary/aromatic N) is 2. The summed E-state index contributed by atoms with van der Waals surface area (Å²) in [5.74, 6) is 0.294. The van der Waals surface area contributed by atoms with Gasteiger partial charge in [-0.1, -0.05) is 11.8 Å². The van der Waals surface area contributed by atoms with Crippen LogP contribution >= 0.6 is 11.8 Å². The van der Waals surface area contributed by atoms with Crippen LogP contribution in [0.15, 0.2) is 29.6 Å². The average Bonchev–Trinajstić information content (AvgIpc) is 2.97. The van der Waals surface area contributed by atoms with E-state index in [4.69, 9.17) is 0 Å². The Morgan fingerprint density at radius 3 is 2.65 bits per heavy atom. The molecule has 2 heterocycles. The number of alkyl halides is 3. The first-order valence-corrected chi connectivity index (χ1v) is 8.25. The van der Waals surface area contributed by atoms with E-state index in [0.29, 0.717) is 38.8 Å². The molecule has 0 aliphatic heterocycles.